The number of hydrogen-bond donors (Lipinski definition) is 2. The summed E-state index contributed by atoms with van der Waals surface area (Å²) in [5.74, 6) is -0.0981. The molecular formula is C18H21FN2O2. The molecule has 4 nitrogen and oxygen atoms in total. The Labute approximate surface area is 135 Å². The number of anilines is 1. The predicted octanol–water partition coefficient (Wildman–Crippen LogP) is 3.30. The number of nitrogens with two attached hydrogens (primary N) is 1. The third kappa shape index (κ3) is 4.71. The van der Waals surface area contributed by atoms with E-state index in [0.29, 0.717) is 30.0 Å². The smallest absolute Gasteiger partial charge is 0.251 e. The van der Waals surface area contributed by atoms with Crippen LogP contribution in [0.15, 0.2) is 42.5 Å². The summed E-state index contributed by atoms with van der Waals surface area (Å²) in [5.41, 5.74) is 7.67. The van der Waals surface area contributed by atoms with Crippen LogP contribution in [0.4, 0.5) is 10.1 Å². The molecule has 0 heterocycles. The first kappa shape index (κ1) is 16.8. The molecule has 2 rings (SSSR count). The summed E-state index contributed by atoms with van der Waals surface area (Å²) in [7, 11) is 0. The minimum Gasteiger partial charge on any atom is -0.489 e. The molecule has 0 fully saturated rings. The molecule has 23 heavy (non-hydrogen) atoms. The summed E-state index contributed by atoms with van der Waals surface area (Å²) < 4.78 is 18.9. The zero-order valence-electron chi connectivity index (χ0n) is 13.3. The number of rotatable bonds is 6. The van der Waals surface area contributed by atoms with Crippen molar-refractivity contribution in [2.45, 2.75) is 26.4 Å². The van der Waals surface area contributed by atoms with Crippen molar-refractivity contribution in [3.63, 3.8) is 0 Å². The van der Waals surface area contributed by atoms with Crippen LogP contribution in [-0.4, -0.2) is 18.6 Å². The molecule has 0 spiro atoms. The molecule has 0 aliphatic rings. The van der Waals surface area contributed by atoms with Crippen LogP contribution in [-0.2, 0) is 0 Å². The van der Waals surface area contributed by atoms with Gasteiger partial charge in [-0.3, -0.25) is 4.79 Å². The number of carbonyl (C=O) groups excluding carboxylic acids is 1. The lowest BCUT2D eigenvalue weighted by Gasteiger charge is -2.18. The highest BCUT2D eigenvalue weighted by Crippen LogP contribution is 2.15. The predicted molar refractivity (Wildman–Crippen MR) is 89.0 cm³/mol. The van der Waals surface area contributed by atoms with E-state index in [9.17, 15) is 9.18 Å². The van der Waals surface area contributed by atoms with E-state index in [1.807, 2.05) is 19.9 Å². The number of nitrogens with one attached hydrogen (secondary N) is 1. The van der Waals surface area contributed by atoms with Crippen LogP contribution in [0.1, 0.15) is 29.3 Å². The minimum absolute atomic E-state index is 0.198. The second kappa shape index (κ2) is 7.63. The fraction of sp³-hybridized carbons (Fsp3) is 0.278. The zero-order valence-corrected chi connectivity index (χ0v) is 13.3. The number of halogens is 1. The summed E-state index contributed by atoms with van der Waals surface area (Å²) in [6.45, 7) is 4.14. The lowest BCUT2D eigenvalue weighted by Crippen LogP contribution is -2.35. The number of ether oxygens (including phenoxy) is 1. The zero-order chi connectivity index (χ0) is 16.8. The fourth-order valence-electron chi connectivity index (χ4n) is 2.19. The number of nitrogen functional groups attached to an aromatic ring is 1. The highest BCUT2D eigenvalue weighted by molar-refractivity contribution is 5.96. The first-order valence-corrected chi connectivity index (χ1v) is 7.56. The highest BCUT2D eigenvalue weighted by Gasteiger charge is 2.13. The summed E-state index contributed by atoms with van der Waals surface area (Å²) in [5, 5.41) is 2.84. The maximum absolute atomic E-state index is 13.2. The van der Waals surface area contributed by atoms with Crippen LogP contribution in [0.2, 0.25) is 0 Å². The van der Waals surface area contributed by atoms with Gasteiger partial charge in [0.25, 0.3) is 5.91 Å². The van der Waals surface area contributed by atoms with Crippen LogP contribution in [0.5, 0.6) is 5.75 Å². The molecule has 2 aromatic rings. The Morgan fingerprint density at radius 2 is 2.09 bits per heavy atom. The van der Waals surface area contributed by atoms with E-state index in [-0.39, 0.29) is 17.8 Å². The Morgan fingerprint density at radius 3 is 2.78 bits per heavy atom. The normalized spacial score (nSPS) is 11.8. The van der Waals surface area contributed by atoms with Gasteiger partial charge in [-0.05, 0) is 43.2 Å². The standard InChI is InChI=1S/C18H21FN2O2/c1-3-15(23-16-6-4-5-13(19)9-16)11-21-18(22)17-10-14(20)8-7-12(17)2/h4-10,15H,3,11,20H2,1-2H3,(H,21,22). The van der Waals surface area contributed by atoms with Crippen molar-refractivity contribution >= 4 is 11.6 Å². The maximum atomic E-state index is 13.2. The Hall–Kier alpha value is -2.56. The van der Waals surface area contributed by atoms with E-state index in [2.05, 4.69) is 5.32 Å². The Bertz CT molecular complexity index is 688. The molecule has 0 saturated carbocycles. The quantitative estimate of drug-likeness (QED) is 0.804. The summed E-state index contributed by atoms with van der Waals surface area (Å²) in [4.78, 5) is 12.3. The lowest BCUT2D eigenvalue weighted by molar-refractivity contribution is 0.0925. The van der Waals surface area contributed by atoms with Crippen molar-refractivity contribution in [1.82, 2.24) is 5.32 Å². The van der Waals surface area contributed by atoms with Crippen LogP contribution < -0.4 is 15.8 Å². The van der Waals surface area contributed by atoms with Crippen LogP contribution in [0.25, 0.3) is 0 Å². The highest BCUT2D eigenvalue weighted by atomic mass is 19.1. The molecule has 0 aromatic heterocycles. The third-order valence-corrected chi connectivity index (χ3v) is 3.55. The summed E-state index contributed by atoms with van der Waals surface area (Å²) in [6, 6.07) is 11.2. The Balaban J connectivity index is 1.97. The van der Waals surface area contributed by atoms with Gasteiger partial charge < -0.3 is 15.8 Å². The van der Waals surface area contributed by atoms with E-state index in [0.717, 1.165) is 5.56 Å². The molecular weight excluding hydrogens is 295 g/mol. The molecule has 0 aliphatic carbocycles. The van der Waals surface area contributed by atoms with Gasteiger partial charge in [-0.15, -0.1) is 0 Å². The van der Waals surface area contributed by atoms with Gasteiger partial charge in [0.05, 0.1) is 6.54 Å². The Kier molecular flexibility index (Phi) is 5.57. The van der Waals surface area contributed by atoms with Gasteiger partial charge in [0.2, 0.25) is 0 Å². The van der Waals surface area contributed by atoms with Crippen molar-refractivity contribution in [3.8, 4) is 5.75 Å². The van der Waals surface area contributed by atoms with Gasteiger partial charge in [-0.2, -0.15) is 0 Å². The van der Waals surface area contributed by atoms with Gasteiger partial charge in [0.15, 0.2) is 0 Å². The number of benzene rings is 2. The number of aryl methyl sites for hydroxylation is 1. The second-order valence-electron chi connectivity index (χ2n) is 5.39. The largest absolute Gasteiger partial charge is 0.489 e. The van der Waals surface area contributed by atoms with E-state index in [1.165, 1.54) is 12.1 Å². The van der Waals surface area contributed by atoms with Crippen molar-refractivity contribution in [3.05, 3.63) is 59.4 Å². The number of carbonyl (C=O) groups is 1. The van der Waals surface area contributed by atoms with Crippen molar-refractivity contribution < 1.29 is 13.9 Å². The molecule has 3 N–H and O–H groups in total. The third-order valence-electron chi connectivity index (χ3n) is 3.55. The number of hydrogen-bond acceptors (Lipinski definition) is 3. The molecule has 5 heteroatoms. The van der Waals surface area contributed by atoms with Crippen LogP contribution in [0.3, 0.4) is 0 Å². The summed E-state index contributed by atoms with van der Waals surface area (Å²) in [6.07, 6.45) is 0.453. The molecule has 0 aliphatic heterocycles. The average Bonchev–Trinajstić information content (AvgIpc) is 2.53. The lowest BCUT2D eigenvalue weighted by atomic mass is 10.1. The molecule has 1 atom stereocenters. The molecule has 1 unspecified atom stereocenters. The molecule has 1 amide bonds. The van der Waals surface area contributed by atoms with Gasteiger partial charge in [-0.1, -0.05) is 19.1 Å². The first-order chi connectivity index (χ1) is 11.0. The van der Waals surface area contributed by atoms with Crippen molar-refractivity contribution in [2.75, 3.05) is 12.3 Å². The van der Waals surface area contributed by atoms with Crippen LogP contribution in [0, 0.1) is 12.7 Å². The van der Waals surface area contributed by atoms with E-state index in [4.69, 9.17) is 10.5 Å². The van der Waals surface area contributed by atoms with Crippen LogP contribution >= 0.6 is 0 Å². The van der Waals surface area contributed by atoms with Crippen molar-refractivity contribution in [2.24, 2.45) is 0 Å². The van der Waals surface area contributed by atoms with E-state index < -0.39 is 0 Å². The van der Waals surface area contributed by atoms with Crippen molar-refractivity contribution in [1.29, 1.82) is 0 Å². The second-order valence-corrected chi connectivity index (χ2v) is 5.39. The first-order valence-electron chi connectivity index (χ1n) is 7.56. The summed E-state index contributed by atoms with van der Waals surface area (Å²) >= 11 is 0. The molecule has 0 radical (unpaired) electrons. The monoisotopic (exact) mass is 316 g/mol. The topological polar surface area (TPSA) is 64.4 Å². The maximum Gasteiger partial charge on any atom is 0.251 e. The van der Waals surface area contributed by atoms with E-state index in [1.54, 1.807) is 24.3 Å². The fourth-order valence-corrected chi connectivity index (χ4v) is 2.19. The average molecular weight is 316 g/mol. The Morgan fingerprint density at radius 1 is 1.30 bits per heavy atom. The SMILES string of the molecule is CCC(CNC(=O)c1cc(N)ccc1C)Oc1cccc(F)c1. The van der Waals surface area contributed by atoms with E-state index >= 15 is 0 Å². The molecule has 2 aromatic carbocycles. The van der Waals surface area contributed by atoms with Gasteiger partial charge >= 0.3 is 0 Å². The molecule has 122 valence electrons. The molecule has 0 bridgehead atoms. The number of amides is 1. The molecule has 0 saturated heterocycles. The van der Waals surface area contributed by atoms with Gasteiger partial charge in [-0.25, -0.2) is 4.39 Å². The van der Waals surface area contributed by atoms with Gasteiger partial charge in [0.1, 0.15) is 17.7 Å². The van der Waals surface area contributed by atoms with Gasteiger partial charge in [0, 0.05) is 17.3 Å². The minimum atomic E-state index is -0.350.